The molecule has 0 atom stereocenters. The molecule has 0 saturated carbocycles. The summed E-state index contributed by atoms with van der Waals surface area (Å²) in [6.45, 7) is 0.317. The molecule has 0 bridgehead atoms. The van der Waals surface area contributed by atoms with Crippen molar-refractivity contribution in [1.82, 2.24) is 10.3 Å². The maximum atomic E-state index is 12.0. The number of benzene rings is 1. The van der Waals surface area contributed by atoms with Crippen LogP contribution >= 0.6 is 27.5 Å². The van der Waals surface area contributed by atoms with Gasteiger partial charge < -0.3 is 5.32 Å². The van der Waals surface area contributed by atoms with Gasteiger partial charge in [-0.05, 0) is 39.7 Å². The third kappa shape index (κ3) is 3.56. The van der Waals surface area contributed by atoms with Crippen molar-refractivity contribution in [2.75, 3.05) is 0 Å². The lowest BCUT2D eigenvalue weighted by molar-refractivity contribution is 0.0950. The number of amides is 1. The fraction of sp³-hybridized carbons (Fsp3) is 0.0714. The van der Waals surface area contributed by atoms with Crippen LogP contribution in [0, 0.1) is 11.3 Å². The average molecular weight is 351 g/mol. The van der Waals surface area contributed by atoms with E-state index in [1.54, 1.807) is 24.3 Å². The molecular formula is C14H9BrClN3O. The summed E-state index contributed by atoms with van der Waals surface area (Å²) in [7, 11) is 0. The average Bonchev–Trinajstić information content (AvgIpc) is 2.47. The fourth-order valence-electron chi connectivity index (χ4n) is 1.61. The minimum atomic E-state index is -0.314. The molecule has 0 radical (unpaired) electrons. The number of halogens is 2. The maximum absolute atomic E-state index is 12.0. The molecule has 1 amide bonds. The minimum Gasteiger partial charge on any atom is -0.348 e. The van der Waals surface area contributed by atoms with Crippen LogP contribution in [0.3, 0.4) is 0 Å². The number of carbonyl (C=O) groups is 1. The molecule has 0 unspecified atom stereocenters. The van der Waals surface area contributed by atoms with Crippen LogP contribution in [0.15, 0.2) is 41.0 Å². The van der Waals surface area contributed by atoms with Crippen LogP contribution in [0.4, 0.5) is 0 Å². The number of nitriles is 1. The fourth-order valence-corrected chi connectivity index (χ4v) is 2.13. The van der Waals surface area contributed by atoms with Crippen molar-refractivity contribution in [3.8, 4) is 6.07 Å². The third-order valence-corrected chi connectivity index (χ3v) is 3.29. The molecule has 0 spiro atoms. The molecule has 20 heavy (non-hydrogen) atoms. The second-order valence-corrected chi connectivity index (χ2v) is 5.26. The SMILES string of the molecule is N#Cc1cccc(CNC(=O)c2cc(Br)cnc2Cl)c1. The van der Waals surface area contributed by atoms with E-state index in [1.807, 2.05) is 6.07 Å². The summed E-state index contributed by atoms with van der Waals surface area (Å²) >= 11 is 9.13. The highest BCUT2D eigenvalue weighted by Crippen LogP contribution is 2.18. The van der Waals surface area contributed by atoms with Crippen molar-refractivity contribution < 1.29 is 4.79 Å². The zero-order valence-electron chi connectivity index (χ0n) is 10.2. The van der Waals surface area contributed by atoms with Gasteiger partial charge in [0.2, 0.25) is 0 Å². The Morgan fingerprint density at radius 1 is 1.45 bits per heavy atom. The molecule has 0 saturated heterocycles. The van der Waals surface area contributed by atoms with Crippen molar-refractivity contribution in [2.24, 2.45) is 0 Å². The van der Waals surface area contributed by atoms with Gasteiger partial charge in [-0.15, -0.1) is 0 Å². The van der Waals surface area contributed by atoms with E-state index in [0.29, 0.717) is 22.1 Å². The van der Waals surface area contributed by atoms with Crippen LogP contribution in [-0.2, 0) is 6.54 Å². The molecule has 1 aromatic carbocycles. The second kappa shape index (κ2) is 6.51. The third-order valence-electron chi connectivity index (χ3n) is 2.56. The number of hydrogen-bond acceptors (Lipinski definition) is 3. The summed E-state index contributed by atoms with van der Waals surface area (Å²) in [5.74, 6) is -0.314. The number of aromatic nitrogens is 1. The van der Waals surface area contributed by atoms with Crippen LogP contribution in [0.25, 0.3) is 0 Å². The van der Waals surface area contributed by atoms with E-state index < -0.39 is 0 Å². The van der Waals surface area contributed by atoms with Crippen LogP contribution in [0.1, 0.15) is 21.5 Å². The molecule has 2 rings (SSSR count). The first-order valence-electron chi connectivity index (χ1n) is 5.68. The number of pyridine rings is 1. The molecule has 4 nitrogen and oxygen atoms in total. The standard InChI is InChI=1S/C14H9BrClN3O/c15-11-5-12(13(16)18-8-11)14(20)19-7-10-3-1-2-9(4-10)6-17/h1-5,8H,7H2,(H,19,20). The Balaban J connectivity index is 2.09. The molecule has 1 N–H and O–H groups in total. The molecule has 6 heteroatoms. The van der Waals surface area contributed by atoms with Crippen molar-refractivity contribution in [3.05, 3.63) is 62.8 Å². The summed E-state index contributed by atoms with van der Waals surface area (Å²) in [5, 5.41) is 11.7. The van der Waals surface area contributed by atoms with Gasteiger partial charge in [0, 0.05) is 17.2 Å². The molecular weight excluding hydrogens is 342 g/mol. The second-order valence-electron chi connectivity index (χ2n) is 3.99. The zero-order chi connectivity index (χ0) is 14.5. The Morgan fingerprint density at radius 3 is 3.00 bits per heavy atom. The van der Waals surface area contributed by atoms with Crippen molar-refractivity contribution in [2.45, 2.75) is 6.54 Å². The van der Waals surface area contributed by atoms with Gasteiger partial charge in [0.25, 0.3) is 5.91 Å². The number of rotatable bonds is 3. The summed E-state index contributed by atoms with van der Waals surface area (Å²) < 4.78 is 0.679. The van der Waals surface area contributed by atoms with Gasteiger partial charge in [-0.1, -0.05) is 23.7 Å². The molecule has 0 aliphatic carbocycles. The summed E-state index contributed by atoms with van der Waals surface area (Å²) in [5.41, 5.74) is 1.70. The van der Waals surface area contributed by atoms with E-state index in [1.165, 1.54) is 6.20 Å². The predicted molar refractivity (Wildman–Crippen MR) is 79.3 cm³/mol. The summed E-state index contributed by atoms with van der Waals surface area (Å²) in [4.78, 5) is 15.9. The highest BCUT2D eigenvalue weighted by molar-refractivity contribution is 9.10. The first-order chi connectivity index (χ1) is 9.60. The first-order valence-corrected chi connectivity index (χ1v) is 6.85. The van der Waals surface area contributed by atoms with Crippen molar-refractivity contribution in [1.29, 1.82) is 5.26 Å². The van der Waals surface area contributed by atoms with Crippen LogP contribution < -0.4 is 5.32 Å². The van der Waals surface area contributed by atoms with Crippen LogP contribution in [0.2, 0.25) is 5.15 Å². The Morgan fingerprint density at radius 2 is 2.25 bits per heavy atom. The van der Waals surface area contributed by atoms with Crippen LogP contribution in [0.5, 0.6) is 0 Å². The molecule has 1 aromatic heterocycles. The Bertz CT molecular complexity index is 697. The highest BCUT2D eigenvalue weighted by Gasteiger charge is 2.11. The van der Waals surface area contributed by atoms with Gasteiger partial charge >= 0.3 is 0 Å². The molecule has 2 aromatic rings. The first kappa shape index (κ1) is 14.5. The monoisotopic (exact) mass is 349 g/mol. The van der Waals surface area contributed by atoms with Gasteiger partial charge in [-0.25, -0.2) is 4.98 Å². The number of hydrogen-bond donors (Lipinski definition) is 1. The van der Waals surface area contributed by atoms with E-state index in [4.69, 9.17) is 16.9 Å². The Hall–Kier alpha value is -1.90. The quantitative estimate of drug-likeness (QED) is 0.864. The topological polar surface area (TPSA) is 65.8 Å². The highest BCUT2D eigenvalue weighted by atomic mass is 79.9. The molecule has 0 aliphatic heterocycles. The van der Waals surface area contributed by atoms with Gasteiger partial charge in [0.1, 0.15) is 5.15 Å². The normalized spacial score (nSPS) is 9.85. The van der Waals surface area contributed by atoms with E-state index in [9.17, 15) is 4.79 Å². The Labute approximate surface area is 129 Å². The van der Waals surface area contributed by atoms with Gasteiger partial charge in [0.05, 0.1) is 17.2 Å². The largest absolute Gasteiger partial charge is 0.348 e. The molecule has 0 aliphatic rings. The molecule has 100 valence electrons. The smallest absolute Gasteiger partial charge is 0.254 e. The van der Waals surface area contributed by atoms with Gasteiger partial charge in [-0.2, -0.15) is 5.26 Å². The summed E-state index contributed by atoms with van der Waals surface area (Å²) in [6.07, 6.45) is 1.52. The minimum absolute atomic E-state index is 0.150. The van der Waals surface area contributed by atoms with E-state index in [2.05, 4.69) is 32.3 Å². The number of carbonyl (C=O) groups excluding carboxylic acids is 1. The lowest BCUT2D eigenvalue weighted by Gasteiger charge is -2.07. The van der Waals surface area contributed by atoms with E-state index >= 15 is 0 Å². The van der Waals surface area contributed by atoms with Crippen molar-refractivity contribution >= 4 is 33.4 Å². The number of nitrogens with one attached hydrogen (secondary N) is 1. The Kier molecular flexibility index (Phi) is 4.72. The van der Waals surface area contributed by atoms with Crippen molar-refractivity contribution in [3.63, 3.8) is 0 Å². The lowest BCUT2D eigenvalue weighted by Crippen LogP contribution is -2.23. The van der Waals surface area contributed by atoms with E-state index in [0.717, 1.165) is 5.56 Å². The van der Waals surface area contributed by atoms with Gasteiger partial charge in [0.15, 0.2) is 0 Å². The maximum Gasteiger partial charge on any atom is 0.254 e. The van der Waals surface area contributed by atoms with E-state index in [-0.39, 0.29) is 11.1 Å². The van der Waals surface area contributed by atoms with Crippen LogP contribution in [-0.4, -0.2) is 10.9 Å². The number of nitrogens with zero attached hydrogens (tertiary/aromatic N) is 2. The molecule has 1 heterocycles. The molecule has 0 fully saturated rings. The summed E-state index contributed by atoms with van der Waals surface area (Å²) in [6, 6.07) is 10.7. The van der Waals surface area contributed by atoms with Gasteiger partial charge in [-0.3, -0.25) is 4.79 Å². The predicted octanol–water partition coefficient (Wildman–Crippen LogP) is 3.30. The lowest BCUT2D eigenvalue weighted by atomic mass is 10.1. The zero-order valence-corrected chi connectivity index (χ0v) is 12.6.